The van der Waals surface area contributed by atoms with E-state index < -0.39 is 17.7 Å². The molecule has 0 aliphatic carbocycles. The SMILES string of the molecule is COCc1ccc(C(C)N)c(F)c1F. The lowest BCUT2D eigenvalue weighted by atomic mass is 10.1. The Labute approximate surface area is 81.7 Å². The van der Waals surface area contributed by atoms with E-state index in [0.717, 1.165) is 0 Å². The van der Waals surface area contributed by atoms with Crippen molar-refractivity contribution in [2.24, 2.45) is 5.73 Å². The first-order valence-corrected chi connectivity index (χ1v) is 4.29. The maximum Gasteiger partial charge on any atom is 0.164 e. The molecule has 0 aliphatic rings. The molecule has 0 bridgehead atoms. The van der Waals surface area contributed by atoms with Gasteiger partial charge in [-0.1, -0.05) is 12.1 Å². The summed E-state index contributed by atoms with van der Waals surface area (Å²) in [6.45, 7) is 1.66. The van der Waals surface area contributed by atoms with E-state index in [1.807, 2.05) is 0 Å². The average molecular weight is 201 g/mol. The molecule has 0 amide bonds. The second-order valence-electron chi connectivity index (χ2n) is 3.16. The van der Waals surface area contributed by atoms with Crippen LogP contribution in [0.5, 0.6) is 0 Å². The van der Waals surface area contributed by atoms with Gasteiger partial charge in [-0.15, -0.1) is 0 Å². The molecule has 0 fully saturated rings. The summed E-state index contributed by atoms with van der Waals surface area (Å²) in [7, 11) is 1.43. The van der Waals surface area contributed by atoms with Crippen LogP contribution in [-0.4, -0.2) is 7.11 Å². The number of hydrogen-bond acceptors (Lipinski definition) is 2. The zero-order chi connectivity index (χ0) is 10.7. The third kappa shape index (κ3) is 2.08. The van der Waals surface area contributed by atoms with Crippen molar-refractivity contribution in [3.05, 3.63) is 34.9 Å². The highest BCUT2D eigenvalue weighted by Gasteiger charge is 2.15. The number of nitrogens with two attached hydrogens (primary N) is 1. The molecule has 14 heavy (non-hydrogen) atoms. The lowest BCUT2D eigenvalue weighted by molar-refractivity contribution is 0.180. The first kappa shape index (κ1) is 11.1. The van der Waals surface area contributed by atoms with Crippen LogP contribution in [0.2, 0.25) is 0 Å². The minimum absolute atomic E-state index is 0.0575. The smallest absolute Gasteiger partial charge is 0.164 e. The van der Waals surface area contributed by atoms with Gasteiger partial charge in [0.25, 0.3) is 0 Å². The lowest BCUT2D eigenvalue weighted by Crippen LogP contribution is -2.10. The highest BCUT2D eigenvalue weighted by atomic mass is 19.2. The summed E-state index contributed by atoms with van der Waals surface area (Å²) in [4.78, 5) is 0. The summed E-state index contributed by atoms with van der Waals surface area (Å²) >= 11 is 0. The Morgan fingerprint density at radius 2 is 2.00 bits per heavy atom. The number of halogens is 2. The van der Waals surface area contributed by atoms with Crippen molar-refractivity contribution < 1.29 is 13.5 Å². The van der Waals surface area contributed by atoms with Crippen molar-refractivity contribution in [3.63, 3.8) is 0 Å². The number of hydrogen-bond donors (Lipinski definition) is 1. The van der Waals surface area contributed by atoms with Gasteiger partial charge < -0.3 is 10.5 Å². The van der Waals surface area contributed by atoms with Gasteiger partial charge in [0.15, 0.2) is 11.6 Å². The van der Waals surface area contributed by atoms with E-state index >= 15 is 0 Å². The normalized spacial score (nSPS) is 12.9. The third-order valence-corrected chi connectivity index (χ3v) is 1.98. The van der Waals surface area contributed by atoms with E-state index in [-0.39, 0.29) is 17.7 Å². The summed E-state index contributed by atoms with van der Waals surface area (Å²) in [5.41, 5.74) is 5.86. The summed E-state index contributed by atoms with van der Waals surface area (Å²) in [5.74, 6) is -1.75. The van der Waals surface area contributed by atoms with E-state index in [4.69, 9.17) is 10.5 Å². The van der Waals surface area contributed by atoms with Crippen LogP contribution in [0.3, 0.4) is 0 Å². The molecule has 0 aliphatic heterocycles. The van der Waals surface area contributed by atoms with Crippen LogP contribution in [0.4, 0.5) is 8.78 Å². The Morgan fingerprint density at radius 1 is 1.36 bits per heavy atom. The van der Waals surface area contributed by atoms with Gasteiger partial charge in [-0.25, -0.2) is 8.78 Å². The van der Waals surface area contributed by atoms with Crippen molar-refractivity contribution in [1.29, 1.82) is 0 Å². The Bertz CT molecular complexity index is 326. The largest absolute Gasteiger partial charge is 0.380 e. The highest BCUT2D eigenvalue weighted by Crippen LogP contribution is 2.20. The second kappa shape index (κ2) is 4.48. The molecule has 1 rings (SSSR count). The van der Waals surface area contributed by atoms with E-state index in [1.165, 1.54) is 19.2 Å². The fraction of sp³-hybridized carbons (Fsp3) is 0.400. The van der Waals surface area contributed by atoms with Gasteiger partial charge >= 0.3 is 0 Å². The quantitative estimate of drug-likeness (QED) is 0.813. The standard InChI is InChI=1S/C10H13F2NO/c1-6(13)8-4-3-7(5-14-2)9(11)10(8)12/h3-4,6H,5,13H2,1-2H3. The van der Waals surface area contributed by atoms with Crippen molar-refractivity contribution in [2.45, 2.75) is 19.6 Å². The van der Waals surface area contributed by atoms with Crippen LogP contribution in [-0.2, 0) is 11.3 Å². The van der Waals surface area contributed by atoms with E-state index in [1.54, 1.807) is 6.92 Å². The van der Waals surface area contributed by atoms with Crippen LogP contribution in [0.15, 0.2) is 12.1 Å². The number of methoxy groups -OCH3 is 1. The highest BCUT2D eigenvalue weighted by molar-refractivity contribution is 5.27. The average Bonchev–Trinajstić information content (AvgIpc) is 2.13. The first-order valence-electron chi connectivity index (χ1n) is 4.29. The molecule has 1 atom stereocenters. The monoisotopic (exact) mass is 201 g/mol. The van der Waals surface area contributed by atoms with Gasteiger partial charge in [-0.05, 0) is 6.92 Å². The molecule has 1 aromatic rings. The number of benzene rings is 1. The minimum Gasteiger partial charge on any atom is -0.380 e. The maximum atomic E-state index is 13.3. The molecule has 2 N–H and O–H groups in total. The van der Waals surface area contributed by atoms with Crippen molar-refractivity contribution in [1.82, 2.24) is 0 Å². The Morgan fingerprint density at radius 3 is 2.50 bits per heavy atom. The molecule has 0 saturated carbocycles. The van der Waals surface area contributed by atoms with Gasteiger partial charge in [-0.2, -0.15) is 0 Å². The van der Waals surface area contributed by atoms with Crippen molar-refractivity contribution >= 4 is 0 Å². The summed E-state index contributed by atoms with van der Waals surface area (Å²) in [5, 5.41) is 0. The molecular formula is C10H13F2NO. The molecular weight excluding hydrogens is 188 g/mol. The molecule has 0 heterocycles. The molecule has 0 radical (unpaired) electrons. The third-order valence-electron chi connectivity index (χ3n) is 1.98. The molecule has 0 spiro atoms. The Kier molecular flexibility index (Phi) is 3.55. The van der Waals surface area contributed by atoms with E-state index in [0.29, 0.717) is 0 Å². The fourth-order valence-corrected chi connectivity index (χ4v) is 1.22. The van der Waals surface area contributed by atoms with Crippen molar-refractivity contribution in [3.8, 4) is 0 Å². The molecule has 1 aromatic carbocycles. The predicted molar refractivity (Wildman–Crippen MR) is 49.7 cm³/mol. The zero-order valence-corrected chi connectivity index (χ0v) is 8.18. The molecule has 1 unspecified atom stereocenters. The summed E-state index contributed by atoms with van der Waals surface area (Å²) < 4.78 is 31.4. The zero-order valence-electron chi connectivity index (χ0n) is 8.18. The number of ether oxygens (including phenoxy) is 1. The summed E-state index contributed by atoms with van der Waals surface area (Å²) in [6.07, 6.45) is 0. The van der Waals surface area contributed by atoms with Gasteiger partial charge in [-0.3, -0.25) is 0 Å². The summed E-state index contributed by atoms with van der Waals surface area (Å²) in [6, 6.07) is 2.46. The first-order chi connectivity index (χ1) is 6.57. The van der Waals surface area contributed by atoms with Crippen LogP contribution < -0.4 is 5.73 Å². The molecule has 0 saturated heterocycles. The molecule has 0 aromatic heterocycles. The Hall–Kier alpha value is -1.00. The van der Waals surface area contributed by atoms with Gasteiger partial charge in [0.2, 0.25) is 0 Å². The minimum atomic E-state index is -0.880. The van der Waals surface area contributed by atoms with Crippen LogP contribution in [0, 0.1) is 11.6 Å². The topological polar surface area (TPSA) is 35.2 Å². The second-order valence-corrected chi connectivity index (χ2v) is 3.16. The van der Waals surface area contributed by atoms with Crippen molar-refractivity contribution in [2.75, 3.05) is 7.11 Å². The predicted octanol–water partition coefficient (Wildman–Crippen LogP) is 2.13. The van der Waals surface area contributed by atoms with Crippen LogP contribution >= 0.6 is 0 Å². The van der Waals surface area contributed by atoms with Crippen LogP contribution in [0.25, 0.3) is 0 Å². The molecule has 78 valence electrons. The molecule has 2 nitrogen and oxygen atoms in total. The fourth-order valence-electron chi connectivity index (χ4n) is 1.22. The van der Waals surface area contributed by atoms with E-state index in [2.05, 4.69) is 0 Å². The molecule has 4 heteroatoms. The van der Waals surface area contributed by atoms with Crippen LogP contribution in [0.1, 0.15) is 24.1 Å². The van der Waals surface area contributed by atoms with Gasteiger partial charge in [0, 0.05) is 24.3 Å². The Balaban J connectivity index is 3.12. The van der Waals surface area contributed by atoms with Gasteiger partial charge in [0.05, 0.1) is 6.61 Å². The number of rotatable bonds is 3. The van der Waals surface area contributed by atoms with E-state index in [9.17, 15) is 8.78 Å². The van der Waals surface area contributed by atoms with Gasteiger partial charge in [0.1, 0.15) is 0 Å². The lowest BCUT2D eigenvalue weighted by Gasteiger charge is -2.10. The maximum absolute atomic E-state index is 13.3.